The normalized spacial score (nSPS) is 22.1. The van der Waals surface area contributed by atoms with E-state index in [9.17, 15) is 9.59 Å². The van der Waals surface area contributed by atoms with Crippen LogP contribution in [-0.4, -0.2) is 68.9 Å². The molecule has 0 unspecified atom stereocenters. The molecule has 2 saturated heterocycles. The number of halogens is 1. The molecule has 1 aromatic carbocycles. The van der Waals surface area contributed by atoms with Gasteiger partial charge in [0.05, 0.1) is 32.1 Å². The van der Waals surface area contributed by atoms with Gasteiger partial charge in [-0.15, -0.1) is 12.4 Å². The first-order valence-corrected chi connectivity index (χ1v) is 8.84. The van der Waals surface area contributed by atoms with Gasteiger partial charge in [-0.25, -0.2) is 0 Å². The number of nitrogens with zero attached hydrogens (tertiary/aromatic N) is 1. The third kappa shape index (κ3) is 5.10. The Morgan fingerprint density at radius 3 is 2.67 bits per heavy atom. The Labute approximate surface area is 164 Å². The van der Waals surface area contributed by atoms with Crippen LogP contribution in [0, 0.1) is 0 Å². The number of ether oxygens (including phenoxy) is 3. The Balaban J connectivity index is 0.00000261. The number of methoxy groups -OCH3 is 1. The van der Waals surface area contributed by atoms with Crippen LogP contribution in [0.15, 0.2) is 18.2 Å². The van der Waals surface area contributed by atoms with Crippen molar-refractivity contribution in [3.05, 3.63) is 23.8 Å². The van der Waals surface area contributed by atoms with Gasteiger partial charge in [0.15, 0.2) is 0 Å². The zero-order chi connectivity index (χ0) is 18.5. The lowest BCUT2D eigenvalue weighted by Gasteiger charge is -2.27. The highest BCUT2D eigenvalue weighted by Crippen LogP contribution is 2.28. The smallest absolute Gasteiger partial charge is 0.254 e. The second-order valence-corrected chi connectivity index (χ2v) is 6.37. The van der Waals surface area contributed by atoms with Crippen LogP contribution in [0.2, 0.25) is 0 Å². The number of rotatable bonds is 5. The van der Waals surface area contributed by atoms with Crippen LogP contribution in [0.4, 0.5) is 5.69 Å². The molecule has 0 aromatic heterocycles. The summed E-state index contributed by atoms with van der Waals surface area (Å²) >= 11 is 0. The predicted molar refractivity (Wildman–Crippen MR) is 103 cm³/mol. The van der Waals surface area contributed by atoms with Gasteiger partial charge in [-0.2, -0.15) is 0 Å². The van der Waals surface area contributed by atoms with E-state index in [1.807, 2.05) is 0 Å². The maximum Gasteiger partial charge on any atom is 0.254 e. The SMILES string of the molecule is COc1ccc(C(=O)N2CCOCC2)cc1NC(=O)[C@@H]1CC[C@H](CN)O1.Cl. The van der Waals surface area contributed by atoms with Crippen LogP contribution in [0.1, 0.15) is 23.2 Å². The quantitative estimate of drug-likeness (QED) is 0.766. The summed E-state index contributed by atoms with van der Waals surface area (Å²) in [5.41, 5.74) is 6.54. The number of hydrogen-bond donors (Lipinski definition) is 2. The number of hydrogen-bond acceptors (Lipinski definition) is 6. The second-order valence-electron chi connectivity index (χ2n) is 6.37. The molecule has 0 aliphatic carbocycles. The third-order valence-electron chi connectivity index (χ3n) is 4.67. The number of nitrogens with one attached hydrogen (secondary N) is 1. The van der Waals surface area contributed by atoms with Crippen molar-refractivity contribution in [1.29, 1.82) is 0 Å². The first kappa shape index (κ1) is 21.4. The van der Waals surface area contributed by atoms with Gasteiger partial charge in [-0.3, -0.25) is 9.59 Å². The summed E-state index contributed by atoms with van der Waals surface area (Å²) in [5.74, 6) is 0.146. The average Bonchev–Trinajstić information content (AvgIpc) is 3.17. The van der Waals surface area contributed by atoms with Crippen LogP contribution in [-0.2, 0) is 14.3 Å². The van der Waals surface area contributed by atoms with Crippen molar-refractivity contribution < 1.29 is 23.8 Å². The zero-order valence-corrected chi connectivity index (χ0v) is 16.1. The van der Waals surface area contributed by atoms with E-state index >= 15 is 0 Å². The number of anilines is 1. The molecular weight excluding hydrogens is 374 g/mol. The van der Waals surface area contributed by atoms with Crippen LogP contribution < -0.4 is 15.8 Å². The summed E-state index contributed by atoms with van der Waals surface area (Å²) in [7, 11) is 1.52. The Morgan fingerprint density at radius 1 is 1.30 bits per heavy atom. The molecule has 8 nitrogen and oxygen atoms in total. The van der Waals surface area contributed by atoms with E-state index in [0.29, 0.717) is 56.3 Å². The first-order chi connectivity index (χ1) is 12.6. The highest BCUT2D eigenvalue weighted by molar-refractivity contribution is 5.99. The van der Waals surface area contributed by atoms with Gasteiger partial charge in [0.25, 0.3) is 11.8 Å². The number of carbonyl (C=O) groups excluding carboxylic acids is 2. The van der Waals surface area contributed by atoms with Crippen LogP contribution >= 0.6 is 12.4 Å². The van der Waals surface area contributed by atoms with E-state index in [2.05, 4.69) is 5.32 Å². The molecule has 3 N–H and O–H groups in total. The fraction of sp³-hybridized carbons (Fsp3) is 0.556. The molecule has 150 valence electrons. The molecule has 2 aliphatic rings. The number of amides is 2. The van der Waals surface area contributed by atoms with Crippen molar-refractivity contribution in [1.82, 2.24) is 4.90 Å². The lowest BCUT2D eigenvalue weighted by atomic mass is 10.1. The standard InChI is InChI=1S/C18H25N3O5.ClH/c1-24-15-4-2-12(18(23)21-6-8-25-9-7-21)10-14(15)20-17(22)16-5-3-13(11-19)26-16;/h2,4,10,13,16H,3,5-9,11,19H2,1H3,(H,20,22);1H/t13-,16+;/m1./s1. The fourth-order valence-corrected chi connectivity index (χ4v) is 3.17. The topological polar surface area (TPSA) is 103 Å². The number of nitrogens with two attached hydrogens (primary N) is 1. The molecule has 0 bridgehead atoms. The van der Waals surface area contributed by atoms with Gasteiger partial charge >= 0.3 is 0 Å². The minimum absolute atomic E-state index is 0. The minimum Gasteiger partial charge on any atom is -0.495 e. The van der Waals surface area contributed by atoms with Crippen molar-refractivity contribution in [2.24, 2.45) is 5.73 Å². The Hall–Kier alpha value is -1.87. The lowest BCUT2D eigenvalue weighted by molar-refractivity contribution is -0.126. The van der Waals surface area contributed by atoms with Crippen molar-refractivity contribution in [2.45, 2.75) is 25.0 Å². The van der Waals surface area contributed by atoms with Gasteiger partial charge in [0.2, 0.25) is 0 Å². The van der Waals surface area contributed by atoms with Crippen molar-refractivity contribution >= 4 is 29.9 Å². The number of morpholine rings is 1. The molecular formula is C18H26ClN3O5. The van der Waals surface area contributed by atoms with E-state index in [0.717, 1.165) is 6.42 Å². The molecule has 0 spiro atoms. The first-order valence-electron chi connectivity index (χ1n) is 8.84. The molecule has 2 aliphatic heterocycles. The van der Waals surface area contributed by atoms with Crippen LogP contribution in [0.3, 0.4) is 0 Å². The highest BCUT2D eigenvalue weighted by atomic mass is 35.5. The maximum atomic E-state index is 12.7. The number of carbonyl (C=O) groups is 2. The van der Waals surface area contributed by atoms with E-state index < -0.39 is 6.10 Å². The predicted octanol–water partition coefficient (Wildman–Crippen LogP) is 1.03. The second kappa shape index (κ2) is 9.89. The molecule has 2 atom stereocenters. The van der Waals surface area contributed by atoms with Crippen molar-refractivity contribution in [2.75, 3.05) is 45.3 Å². The fourth-order valence-electron chi connectivity index (χ4n) is 3.17. The average molecular weight is 400 g/mol. The maximum absolute atomic E-state index is 12.7. The van der Waals surface area contributed by atoms with E-state index in [-0.39, 0.29) is 30.3 Å². The highest BCUT2D eigenvalue weighted by Gasteiger charge is 2.30. The summed E-state index contributed by atoms with van der Waals surface area (Å²) in [6.07, 6.45) is 0.776. The Bertz CT molecular complexity index is 666. The van der Waals surface area contributed by atoms with Gasteiger partial charge < -0.3 is 30.2 Å². The van der Waals surface area contributed by atoms with Gasteiger partial charge in [0.1, 0.15) is 11.9 Å². The lowest BCUT2D eigenvalue weighted by Crippen LogP contribution is -2.40. The summed E-state index contributed by atoms with van der Waals surface area (Å²) in [6, 6.07) is 5.02. The van der Waals surface area contributed by atoms with E-state index in [4.69, 9.17) is 19.9 Å². The van der Waals surface area contributed by atoms with Crippen molar-refractivity contribution in [3.63, 3.8) is 0 Å². The molecule has 0 radical (unpaired) electrons. The summed E-state index contributed by atoms with van der Waals surface area (Å²) in [6.45, 7) is 2.59. The van der Waals surface area contributed by atoms with Crippen LogP contribution in [0.25, 0.3) is 0 Å². The molecule has 2 fully saturated rings. The molecule has 2 heterocycles. The zero-order valence-electron chi connectivity index (χ0n) is 15.3. The molecule has 1 aromatic rings. The van der Waals surface area contributed by atoms with E-state index in [1.165, 1.54) is 7.11 Å². The van der Waals surface area contributed by atoms with Gasteiger partial charge in [-0.1, -0.05) is 0 Å². The molecule has 2 amide bonds. The Morgan fingerprint density at radius 2 is 2.04 bits per heavy atom. The molecule has 27 heavy (non-hydrogen) atoms. The summed E-state index contributed by atoms with van der Waals surface area (Å²) in [4.78, 5) is 26.9. The third-order valence-corrected chi connectivity index (χ3v) is 4.67. The van der Waals surface area contributed by atoms with Crippen LogP contribution in [0.5, 0.6) is 5.75 Å². The number of benzene rings is 1. The molecule has 3 rings (SSSR count). The summed E-state index contributed by atoms with van der Waals surface area (Å²) < 4.78 is 16.2. The summed E-state index contributed by atoms with van der Waals surface area (Å²) in [5, 5.41) is 2.82. The Kier molecular flexibility index (Phi) is 7.85. The van der Waals surface area contributed by atoms with Gasteiger partial charge in [-0.05, 0) is 31.0 Å². The monoisotopic (exact) mass is 399 g/mol. The largest absolute Gasteiger partial charge is 0.495 e. The molecule has 0 saturated carbocycles. The van der Waals surface area contributed by atoms with Crippen molar-refractivity contribution in [3.8, 4) is 5.75 Å². The minimum atomic E-state index is -0.535. The van der Waals surface area contributed by atoms with Gasteiger partial charge in [0, 0.05) is 25.2 Å². The molecule has 9 heteroatoms. The van der Waals surface area contributed by atoms with E-state index in [1.54, 1.807) is 23.1 Å².